The number of hydrogen-bond donors (Lipinski definition) is 2. The summed E-state index contributed by atoms with van der Waals surface area (Å²) in [5.74, 6) is 0.316. The smallest absolute Gasteiger partial charge is 0.273 e. The van der Waals surface area contributed by atoms with E-state index < -0.39 is 10.0 Å². The predicted molar refractivity (Wildman–Crippen MR) is 114 cm³/mol. The third-order valence-corrected chi connectivity index (χ3v) is 9.35. The summed E-state index contributed by atoms with van der Waals surface area (Å²) in [6, 6.07) is 5.63. The molecule has 0 bridgehead atoms. The average Bonchev–Trinajstić information content (AvgIpc) is 3.20. The molecule has 1 aliphatic carbocycles. The molecule has 1 aliphatic rings. The minimum Gasteiger partial charge on any atom is -0.328 e. The maximum absolute atomic E-state index is 12.9. The van der Waals surface area contributed by atoms with Crippen molar-refractivity contribution in [3.63, 3.8) is 0 Å². The molecule has 3 aromatic rings. The molecule has 1 saturated carbocycles. The van der Waals surface area contributed by atoms with Gasteiger partial charge in [-0.25, -0.2) is 13.4 Å². The fourth-order valence-electron chi connectivity index (χ4n) is 3.61. The summed E-state index contributed by atoms with van der Waals surface area (Å²) < 4.78 is 29.7. The van der Waals surface area contributed by atoms with Gasteiger partial charge in [0.2, 0.25) is 0 Å². The SMILES string of the molecule is Cc1c(S(=O)(=O)Nc2nc(C3CCCC(N)C3)cs2)sc2ccc(Cl)cc12. The highest BCUT2D eigenvalue weighted by atomic mass is 35.5. The molecule has 0 amide bonds. The number of hydrogen-bond acceptors (Lipinski definition) is 6. The van der Waals surface area contributed by atoms with Gasteiger partial charge in [-0.15, -0.1) is 22.7 Å². The zero-order chi connectivity index (χ0) is 19.2. The molecule has 144 valence electrons. The molecule has 27 heavy (non-hydrogen) atoms. The van der Waals surface area contributed by atoms with Crippen LogP contribution < -0.4 is 10.5 Å². The van der Waals surface area contributed by atoms with Crippen molar-refractivity contribution in [3.8, 4) is 0 Å². The molecule has 9 heteroatoms. The lowest BCUT2D eigenvalue weighted by Gasteiger charge is -2.25. The average molecular weight is 442 g/mol. The van der Waals surface area contributed by atoms with Crippen molar-refractivity contribution in [1.82, 2.24) is 4.98 Å². The van der Waals surface area contributed by atoms with E-state index in [9.17, 15) is 8.42 Å². The first-order valence-electron chi connectivity index (χ1n) is 8.76. The number of fused-ring (bicyclic) bond motifs is 1. The van der Waals surface area contributed by atoms with Crippen molar-refractivity contribution in [2.45, 2.75) is 48.8 Å². The monoisotopic (exact) mass is 441 g/mol. The molecular formula is C18H20ClN3O2S3. The minimum atomic E-state index is -3.70. The maximum atomic E-state index is 12.9. The van der Waals surface area contributed by atoms with Crippen molar-refractivity contribution < 1.29 is 8.42 Å². The Morgan fingerprint density at radius 2 is 2.15 bits per heavy atom. The van der Waals surface area contributed by atoms with E-state index in [0.29, 0.717) is 25.8 Å². The molecule has 0 radical (unpaired) electrons. The van der Waals surface area contributed by atoms with Gasteiger partial charge in [0, 0.05) is 27.1 Å². The van der Waals surface area contributed by atoms with Crippen molar-refractivity contribution in [2.75, 3.05) is 4.72 Å². The number of benzene rings is 1. The standard InChI is InChI=1S/C18H20ClN3O2S3/c1-10-14-8-12(19)5-6-16(14)26-17(10)27(23,24)22-18-21-15(9-25-18)11-3-2-4-13(20)7-11/h5-6,8-9,11,13H,2-4,7,20H2,1H3,(H,21,22). The number of rotatable bonds is 4. The minimum absolute atomic E-state index is 0.207. The zero-order valence-electron chi connectivity index (χ0n) is 14.7. The Morgan fingerprint density at radius 3 is 2.93 bits per heavy atom. The number of halogens is 1. The first-order valence-corrected chi connectivity index (χ1v) is 12.3. The number of aromatic nitrogens is 1. The summed E-state index contributed by atoms with van der Waals surface area (Å²) in [5, 5.41) is 3.80. The molecule has 3 N–H and O–H groups in total. The summed E-state index contributed by atoms with van der Waals surface area (Å²) in [5.41, 5.74) is 7.71. The van der Waals surface area contributed by atoms with Gasteiger partial charge in [-0.1, -0.05) is 18.0 Å². The van der Waals surface area contributed by atoms with E-state index in [1.54, 1.807) is 19.1 Å². The topological polar surface area (TPSA) is 85.1 Å². The van der Waals surface area contributed by atoms with Crippen molar-refractivity contribution in [2.24, 2.45) is 5.73 Å². The van der Waals surface area contributed by atoms with E-state index >= 15 is 0 Å². The van der Waals surface area contributed by atoms with Gasteiger partial charge >= 0.3 is 0 Å². The van der Waals surface area contributed by atoms with Gasteiger partial charge < -0.3 is 5.73 Å². The molecule has 4 rings (SSSR count). The molecule has 0 spiro atoms. The Morgan fingerprint density at radius 1 is 1.33 bits per heavy atom. The van der Waals surface area contributed by atoms with Crippen LogP contribution in [0.25, 0.3) is 10.1 Å². The second-order valence-electron chi connectivity index (χ2n) is 6.96. The number of anilines is 1. The summed E-state index contributed by atoms with van der Waals surface area (Å²) in [4.78, 5) is 4.53. The molecule has 2 atom stereocenters. The lowest BCUT2D eigenvalue weighted by Crippen LogP contribution is -2.27. The van der Waals surface area contributed by atoms with Gasteiger partial charge in [-0.05, 0) is 55.3 Å². The van der Waals surface area contributed by atoms with E-state index in [4.69, 9.17) is 17.3 Å². The molecular weight excluding hydrogens is 422 g/mol. The number of thiophene rings is 1. The lowest BCUT2D eigenvalue weighted by atomic mass is 9.84. The van der Waals surface area contributed by atoms with Crippen LogP contribution in [0.5, 0.6) is 0 Å². The third kappa shape index (κ3) is 3.86. The number of nitrogens with one attached hydrogen (secondary N) is 1. The van der Waals surface area contributed by atoms with Crippen LogP contribution >= 0.6 is 34.3 Å². The van der Waals surface area contributed by atoms with Gasteiger partial charge in [-0.3, -0.25) is 4.72 Å². The molecule has 0 saturated heterocycles. The van der Waals surface area contributed by atoms with E-state index in [1.165, 1.54) is 22.7 Å². The van der Waals surface area contributed by atoms with Crippen molar-refractivity contribution >= 4 is 59.5 Å². The Labute approximate surface area is 171 Å². The van der Waals surface area contributed by atoms with Crippen LogP contribution in [-0.4, -0.2) is 19.4 Å². The Bertz CT molecular complexity index is 1090. The summed E-state index contributed by atoms with van der Waals surface area (Å²) in [6.07, 6.45) is 4.11. The number of sulfonamides is 1. The van der Waals surface area contributed by atoms with E-state index in [1.807, 2.05) is 11.4 Å². The summed E-state index contributed by atoms with van der Waals surface area (Å²) in [7, 11) is -3.70. The number of nitrogens with zero attached hydrogens (tertiary/aromatic N) is 1. The van der Waals surface area contributed by atoms with Crippen LogP contribution in [0.4, 0.5) is 5.13 Å². The zero-order valence-corrected chi connectivity index (χ0v) is 17.9. The highest BCUT2D eigenvalue weighted by Gasteiger charge is 2.26. The fraction of sp³-hybridized carbons (Fsp3) is 0.389. The summed E-state index contributed by atoms with van der Waals surface area (Å²) in [6.45, 7) is 1.81. The highest BCUT2D eigenvalue weighted by Crippen LogP contribution is 2.38. The first kappa shape index (κ1) is 19.1. The van der Waals surface area contributed by atoms with Crippen LogP contribution in [0.3, 0.4) is 0 Å². The predicted octanol–water partition coefficient (Wildman–Crippen LogP) is 5.11. The van der Waals surface area contributed by atoms with Crippen LogP contribution in [0.2, 0.25) is 5.02 Å². The van der Waals surface area contributed by atoms with Gasteiger partial charge in [0.1, 0.15) is 4.21 Å². The van der Waals surface area contributed by atoms with Gasteiger partial charge in [0.05, 0.1) is 5.69 Å². The molecule has 1 aromatic carbocycles. The van der Waals surface area contributed by atoms with E-state index in [0.717, 1.165) is 41.5 Å². The third-order valence-electron chi connectivity index (χ3n) is 4.98. The normalized spacial score (nSPS) is 20.9. The second-order valence-corrected chi connectivity index (χ2v) is 11.2. The molecule has 0 aliphatic heterocycles. The summed E-state index contributed by atoms with van der Waals surface area (Å²) >= 11 is 8.62. The number of nitrogens with two attached hydrogens (primary N) is 1. The lowest BCUT2D eigenvalue weighted by molar-refractivity contribution is 0.389. The quantitative estimate of drug-likeness (QED) is 0.589. The largest absolute Gasteiger partial charge is 0.328 e. The van der Waals surface area contributed by atoms with Gasteiger partial charge in [0.25, 0.3) is 10.0 Å². The Hall–Kier alpha value is -1.19. The van der Waals surface area contributed by atoms with Crippen LogP contribution in [-0.2, 0) is 10.0 Å². The highest BCUT2D eigenvalue weighted by molar-refractivity contribution is 7.95. The molecule has 1 fully saturated rings. The molecule has 2 aromatic heterocycles. The Balaban J connectivity index is 1.60. The molecule has 5 nitrogen and oxygen atoms in total. The van der Waals surface area contributed by atoms with Crippen molar-refractivity contribution in [1.29, 1.82) is 0 Å². The van der Waals surface area contributed by atoms with Crippen LogP contribution in [0.1, 0.15) is 42.9 Å². The second kappa shape index (κ2) is 7.33. The van der Waals surface area contributed by atoms with Gasteiger partial charge in [0.15, 0.2) is 5.13 Å². The van der Waals surface area contributed by atoms with Gasteiger partial charge in [-0.2, -0.15) is 0 Å². The molecule has 2 heterocycles. The van der Waals surface area contributed by atoms with E-state index in [-0.39, 0.29) is 6.04 Å². The maximum Gasteiger partial charge on any atom is 0.273 e. The molecule has 2 unspecified atom stereocenters. The first-order chi connectivity index (χ1) is 12.8. The van der Waals surface area contributed by atoms with E-state index in [2.05, 4.69) is 9.71 Å². The number of aryl methyl sites for hydroxylation is 1. The Kier molecular flexibility index (Phi) is 5.20. The fourth-order valence-corrected chi connectivity index (χ4v) is 7.57. The van der Waals surface area contributed by atoms with Crippen LogP contribution in [0, 0.1) is 6.92 Å². The van der Waals surface area contributed by atoms with Crippen molar-refractivity contribution in [3.05, 3.63) is 39.9 Å². The number of thiazole rings is 1. The van der Waals surface area contributed by atoms with Crippen LogP contribution in [0.15, 0.2) is 27.8 Å².